The Bertz CT molecular complexity index is 350. The van der Waals surface area contributed by atoms with Gasteiger partial charge in [-0.2, -0.15) is 11.8 Å². The molecule has 2 aliphatic rings. The number of carbonyl (C=O) groups excluding carboxylic acids is 1. The van der Waals surface area contributed by atoms with Crippen LogP contribution in [0.1, 0.15) is 53.4 Å². The maximum absolute atomic E-state index is 12.0. The zero-order valence-electron chi connectivity index (χ0n) is 13.1. The van der Waals surface area contributed by atoms with Crippen molar-refractivity contribution >= 4 is 17.9 Å². The lowest BCUT2D eigenvalue weighted by atomic mass is 9.76. The third-order valence-corrected chi connectivity index (χ3v) is 5.36. The zero-order valence-corrected chi connectivity index (χ0v) is 13.9. The molecule has 1 aliphatic carbocycles. The van der Waals surface area contributed by atoms with E-state index in [1.807, 2.05) is 32.5 Å². The second kappa shape index (κ2) is 6.14. The van der Waals surface area contributed by atoms with E-state index < -0.39 is 5.60 Å². The molecule has 1 saturated carbocycles. The summed E-state index contributed by atoms with van der Waals surface area (Å²) < 4.78 is 5.38. The second-order valence-electron chi connectivity index (χ2n) is 7.22. The van der Waals surface area contributed by atoms with Crippen LogP contribution in [0.15, 0.2) is 0 Å². The van der Waals surface area contributed by atoms with Crippen molar-refractivity contribution in [3.05, 3.63) is 0 Å². The van der Waals surface area contributed by atoms with Crippen LogP contribution in [0.3, 0.4) is 0 Å². The van der Waals surface area contributed by atoms with Gasteiger partial charge in [0.1, 0.15) is 5.60 Å². The van der Waals surface area contributed by atoms with Crippen LogP contribution < -0.4 is 10.6 Å². The fraction of sp³-hybridized carbons (Fsp3) is 0.933. The highest BCUT2D eigenvalue weighted by Crippen LogP contribution is 2.33. The van der Waals surface area contributed by atoms with E-state index in [0.717, 1.165) is 24.6 Å². The Morgan fingerprint density at radius 3 is 2.55 bits per heavy atom. The molecule has 20 heavy (non-hydrogen) atoms. The Morgan fingerprint density at radius 1 is 1.40 bits per heavy atom. The van der Waals surface area contributed by atoms with Crippen LogP contribution in [-0.2, 0) is 4.74 Å². The summed E-state index contributed by atoms with van der Waals surface area (Å²) >= 11 is 2.03. The Morgan fingerprint density at radius 2 is 2.10 bits per heavy atom. The minimum Gasteiger partial charge on any atom is -0.444 e. The minimum absolute atomic E-state index is 0.0845. The number of ether oxygens (including phenoxy) is 1. The lowest BCUT2D eigenvalue weighted by Crippen LogP contribution is -2.60. The van der Waals surface area contributed by atoms with E-state index in [1.54, 1.807) is 0 Å². The van der Waals surface area contributed by atoms with Gasteiger partial charge in [-0.1, -0.05) is 6.92 Å². The smallest absolute Gasteiger partial charge is 0.408 e. The van der Waals surface area contributed by atoms with Crippen LogP contribution in [0.25, 0.3) is 0 Å². The molecule has 0 bridgehead atoms. The van der Waals surface area contributed by atoms with Crippen LogP contribution in [-0.4, -0.2) is 40.8 Å². The molecule has 2 fully saturated rings. The van der Waals surface area contributed by atoms with Crippen LogP contribution in [0.2, 0.25) is 0 Å². The molecule has 2 atom stereocenters. The van der Waals surface area contributed by atoms with Gasteiger partial charge < -0.3 is 15.4 Å². The number of alkyl carbamates (subject to hydrolysis) is 1. The molecule has 0 aromatic heterocycles. The van der Waals surface area contributed by atoms with Crippen LogP contribution in [0.5, 0.6) is 0 Å². The molecule has 2 rings (SSSR count). The van der Waals surface area contributed by atoms with Crippen molar-refractivity contribution in [3.63, 3.8) is 0 Å². The number of rotatable bonds is 4. The van der Waals surface area contributed by atoms with E-state index in [9.17, 15) is 4.79 Å². The third kappa shape index (κ3) is 4.55. The monoisotopic (exact) mass is 300 g/mol. The number of hydrogen-bond donors (Lipinski definition) is 2. The van der Waals surface area contributed by atoms with E-state index in [-0.39, 0.29) is 11.6 Å². The molecule has 4 nitrogen and oxygen atoms in total. The molecule has 0 aromatic carbocycles. The van der Waals surface area contributed by atoms with Crippen molar-refractivity contribution in [3.8, 4) is 0 Å². The summed E-state index contributed by atoms with van der Waals surface area (Å²) in [4.78, 5) is 12.0. The van der Waals surface area contributed by atoms with Crippen LogP contribution in [0, 0.1) is 0 Å². The van der Waals surface area contributed by atoms with Gasteiger partial charge in [-0.25, -0.2) is 4.79 Å². The number of hydrogen-bond acceptors (Lipinski definition) is 4. The van der Waals surface area contributed by atoms with Gasteiger partial charge >= 0.3 is 6.09 Å². The summed E-state index contributed by atoms with van der Waals surface area (Å²) in [6.45, 7) is 8.84. The quantitative estimate of drug-likeness (QED) is 0.838. The lowest BCUT2D eigenvalue weighted by Gasteiger charge is -2.43. The maximum Gasteiger partial charge on any atom is 0.408 e. The molecule has 2 unspecified atom stereocenters. The Labute approximate surface area is 126 Å². The molecule has 1 amide bonds. The van der Waals surface area contributed by atoms with Gasteiger partial charge in [0.15, 0.2) is 0 Å². The summed E-state index contributed by atoms with van der Waals surface area (Å²) in [5.74, 6) is 1.18. The third-order valence-electron chi connectivity index (χ3n) is 4.00. The second-order valence-corrected chi connectivity index (χ2v) is 8.69. The molecule has 1 aliphatic heterocycles. The lowest BCUT2D eigenvalue weighted by molar-refractivity contribution is 0.0379. The molecular formula is C15H28N2O2S. The standard InChI is InChI=1S/C15H28N2O2S/c1-11-8-12(9-20-11)16-10-15(6-5-7-15)17-13(18)19-14(2,3)4/h11-12,16H,5-10H2,1-4H3,(H,17,18). The molecule has 0 spiro atoms. The molecule has 2 N–H and O–H groups in total. The number of thioether (sulfide) groups is 1. The highest BCUT2D eigenvalue weighted by molar-refractivity contribution is 8.00. The van der Waals surface area contributed by atoms with Crippen LogP contribution in [0.4, 0.5) is 4.79 Å². The van der Waals surface area contributed by atoms with E-state index in [1.165, 1.54) is 18.6 Å². The van der Waals surface area contributed by atoms with E-state index >= 15 is 0 Å². The Kier molecular flexibility index (Phi) is 4.90. The van der Waals surface area contributed by atoms with Gasteiger partial charge in [-0.15, -0.1) is 0 Å². The normalized spacial score (nSPS) is 28.8. The first-order valence-electron chi connectivity index (χ1n) is 7.64. The molecule has 5 heteroatoms. The fourth-order valence-electron chi connectivity index (χ4n) is 2.77. The Balaban J connectivity index is 1.79. The summed E-state index contributed by atoms with van der Waals surface area (Å²) in [6, 6.07) is 0.591. The first-order valence-corrected chi connectivity index (χ1v) is 8.69. The molecule has 116 valence electrons. The van der Waals surface area contributed by atoms with Crippen molar-refractivity contribution in [2.45, 2.75) is 75.8 Å². The van der Waals surface area contributed by atoms with Crippen LogP contribution >= 0.6 is 11.8 Å². The summed E-state index contributed by atoms with van der Waals surface area (Å²) in [6.07, 6.45) is 4.23. The summed E-state index contributed by atoms with van der Waals surface area (Å²) in [7, 11) is 0. The van der Waals surface area contributed by atoms with Gasteiger partial charge in [-0.3, -0.25) is 0 Å². The summed E-state index contributed by atoms with van der Waals surface area (Å²) in [5, 5.41) is 7.48. The first kappa shape index (κ1) is 16.0. The average Bonchev–Trinajstić information content (AvgIpc) is 2.65. The SMILES string of the molecule is CC1CC(NCC2(NC(=O)OC(C)(C)C)CCC2)CS1. The average molecular weight is 300 g/mol. The van der Waals surface area contributed by atoms with Crippen molar-refractivity contribution in [2.75, 3.05) is 12.3 Å². The zero-order chi connectivity index (χ0) is 14.8. The maximum atomic E-state index is 12.0. The number of nitrogens with one attached hydrogen (secondary N) is 2. The van der Waals surface area contributed by atoms with Gasteiger partial charge in [0.05, 0.1) is 5.54 Å². The predicted molar refractivity (Wildman–Crippen MR) is 84.3 cm³/mol. The fourth-order valence-corrected chi connectivity index (χ4v) is 3.95. The van der Waals surface area contributed by atoms with E-state index in [4.69, 9.17) is 4.74 Å². The topological polar surface area (TPSA) is 50.4 Å². The van der Waals surface area contributed by atoms with Gasteiger partial charge in [0.25, 0.3) is 0 Å². The molecule has 1 heterocycles. The van der Waals surface area contributed by atoms with E-state index in [0.29, 0.717) is 6.04 Å². The largest absolute Gasteiger partial charge is 0.444 e. The predicted octanol–water partition coefficient (Wildman–Crippen LogP) is 2.92. The van der Waals surface area contributed by atoms with Crippen molar-refractivity contribution < 1.29 is 9.53 Å². The first-order chi connectivity index (χ1) is 9.28. The number of amides is 1. The molecule has 0 radical (unpaired) electrons. The minimum atomic E-state index is -0.431. The van der Waals surface area contributed by atoms with Crippen molar-refractivity contribution in [1.82, 2.24) is 10.6 Å². The van der Waals surface area contributed by atoms with Gasteiger partial charge in [-0.05, 0) is 46.5 Å². The number of carbonyl (C=O) groups is 1. The van der Waals surface area contributed by atoms with Crippen molar-refractivity contribution in [2.24, 2.45) is 0 Å². The van der Waals surface area contributed by atoms with Gasteiger partial charge in [0, 0.05) is 23.6 Å². The molecule has 1 saturated heterocycles. The van der Waals surface area contributed by atoms with Gasteiger partial charge in [0.2, 0.25) is 0 Å². The highest BCUT2D eigenvalue weighted by atomic mass is 32.2. The Hall–Kier alpha value is -0.420. The molecular weight excluding hydrogens is 272 g/mol. The van der Waals surface area contributed by atoms with E-state index in [2.05, 4.69) is 17.6 Å². The van der Waals surface area contributed by atoms with Crippen molar-refractivity contribution in [1.29, 1.82) is 0 Å². The highest BCUT2D eigenvalue weighted by Gasteiger charge is 2.40. The summed E-state index contributed by atoms with van der Waals surface area (Å²) in [5.41, 5.74) is -0.515. The molecule has 0 aromatic rings.